The highest BCUT2D eigenvalue weighted by Crippen LogP contribution is 2.39. The maximum Gasteiger partial charge on any atom is 0.167 e. The van der Waals surface area contributed by atoms with Gasteiger partial charge in [-0.2, -0.15) is 5.26 Å². The third-order valence-electron chi connectivity index (χ3n) is 4.21. The molecule has 1 aliphatic heterocycles. The molecule has 0 radical (unpaired) electrons. The molecule has 0 fully saturated rings. The average molecular weight is 338 g/mol. The summed E-state index contributed by atoms with van der Waals surface area (Å²) in [4.78, 5) is 4.64. The monoisotopic (exact) mass is 338 g/mol. The minimum absolute atomic E-state index is 0.618. The van der Waals surface area contributed by atoms with Gasteiger partial charge < -0.3 is 9.47 Å². The number of methoxy groups -OCH3 is 2. The molecule has 2 aromatic carbocycles. The standard InChI is InChI=1S/C19H18N2O2S/c1-22-16-10-13-8-9-21-18(15(13)11-17(16)23-2)19(24,12-20)14-6-4-3-5-7-14/h3-7,10-11,24H,8-9H2,1-2H3. The zero-order chi connectivity index (χ0) is 17.2. The fraction of sp³-hybridized carbons (Fsp3) is 0.263. The van der Waals surface area contributed by atoms with Gasteiger partial charge in [0.25, 0.3) is 0 Å². The third-order valence-corrected chi connectivity index (χ3v) is 4.78. The number of hydrogen-bond acceptors (Lipinski definition) is 5. The Morgan fingerprint density at radius 1 is 1.12 bits per heavy atom. The molecule has 5 heteroatoms. The van der Waals surface area contributed by atoms with Gasteiger partial charge in [-0.3, -0.25) is 4.99 Å². The highest BCUT2D eigenvalue weighted by molar-refractivity contribution is 7.82. The van der Waals surface area contributed by atoms with Crippen molar-refractivity contribution in [1.29, 1.82) is 5.26 Å². The molecular formula is C19H18N2O2S. The van der Waals surface area contributed by atoms with Crippen molar-refractivity contribution in [2.75, 3.05) is 20.8 Å². The van der Waals surface area contributed by atoms with Gasteiger partial charge in [0.05, 0.1) is 26.0 Å². The molecule has 24 heavy (non-hydrogen) atoms. The summed E-state index contributed by atoms with van der Waals surface area (Å²) < 4.78 is 9.68. The van der Waals surface area contributed by atoms with Crippen molar-refractivity contribution in [1.82, 2.24) is 0 Å². The van der Waals surface area contributed by atoms with Crippen LogP contribution in [0.3, 0.4) is 0 Å². The molecule has 0 aromatic heterocycles. The summed E-state index contributed by atoms with van der Waals surface area (Å²) in [5.74, 6) is 1.30. The van der Waals surface area contributed by atoms with E-state index >= 15 is 0 Å². The number of aliphatic imine (C=N–C) groups is 1. The van der Waals surface area contributed by atoms with Crippen LogP contribution in [0.2, 0.25) is 0 Å². The molecule has 122 valence electrons. The van der Waals surface area contributed by atoms with E-state index < -0.39 is 4.75 Å². The quantitative estimate of drug-likeness (QED) is 0.869. The predicted molar refractivity (Wildman–Crippen MR) is 97.4 cm³/mol. The molecule has 0 aliphatic carbocycles. The number of fused-ring (bicyclic) bond motifs is 1. The van der Waals surface area contributed by atoms with Crippen LogP contribution in [0.15, 0.2) is 47.5 Å². The number of benzene rings is 2. The average Bonchev–Trinajstić information content (AvgIpc) is 2.66. The molecule has 0 bridgehead atoms. The second kappa shape index (κ2) is 6.58. The number of rotatable bonds is 4. The molecule has 0 N–H and O–H groups in total. The first-order valence-corrected chi connectivity index (χ1v) is 8.08. The van der Waals surface area contributed by atoms with Crippen molar-refractivity contribution < 1.29 is 9.47 Å². The summed E-state index contributed by atoms with van der Waals surface area (Å²) in [6, 6.07) is 15.7. The van der Waals surface area contributed by atoms with Crippen LogP contribution in [-0.4, -0.2) is 26.5 Å². The molecule has 1 atom stereocenters. The lowest BCUT2D eigenvalue weighted by Crippen LogP contribution is -2.32. The van der Waals surface area contributed by atoms with E-state index in [9.17, 15) is 5.26 Å². The molecule has 1 heterocycles. The minimum Gasteiger partial charge on any atom is -0.493 e. The largest absolute Gasteiger partial charge is 0.493 e. The maximum atomic E-state index is 9.88. The van der Waals surface area contributed by atoms with Crippen LogP contribution in [0.4, 0.5) is 0 Å². The van der Waals surface area contributed by atoms with Crippen LogP contribution in [-0.2, 0) is 11.2 Å². The lowest BCUT2D eigenvalue weighted by Gasteiger charge is -2.28. The molecule has 4 nitrogen and oxygen atoms in total. The van der Waals surface area contributed by atoms with Gasteiger partial charge in [-0.05, 0) is 29.7 Å². The van der Waals surface area contributed by atoms with Crippen molar-refractivity contribution in [3.05, 3.63) is 59.2 Å². The molecule has 0 saturated carbocycles. The normalized spacial score (nSPS) is 15.5. The Bertz CT molecular complexity index is 827. The van der Waals surface area contributed by atoms with Gasteiger partial charge in [0.1, 0.15) is 0 Å². The van der Waals surface area contributed by atoms with Crippen LogP contribution in [0.25, 0.3) is 0 Å². The van der Waals surface area contributed by atoms with Crippen LogP contribution >= 0.6 is 12.6 Å². The van der Waals surface area contributed by atoms with Gasteiger partial charge in [0, 0.05) is 12.1 Å². The summed E-state index contributed by atoms with van der Waals surface area (Å²) in [5.41, 5.74) is 3.43. The zero-order valence-corrected chi connectivity index (χ0v) is 14.5. The van der Waals surface area contributed by atoms with E-state index in [2.05, 4.69) is 11.1 Å². The van der Waals surface area contributed by atoms with Crippen molar-refractivity contribution in [3.63, 3.8) is 0 Å². The van der Waals surface area contributed by atoms with Crippen molar-refractivity contribution in [2.24, 2.45) is 4.99 Å². The van der Waals surface area contributed by atoms with E-state index in [4.69, 9.17) is 22.1 Å². The SMILES string of the molecule is COc1cc2c(cc1OC)C(C(S)(C#N)c1ccccc1)=NCC2. The van der Waals surface area contributed by atoms with Gasteiger partial charge in [0.15, 0.2) is 16.2 Å². The second-order valence-corrected chi connectivity index (χ2v) is 6.20. The fourth-order valence-electron chi connectivity index (χ4n) is 2.96. The Morgan fingerprint density at radius 3 is 2.42 bits per heavy atom. The summed E-state index contributed by atoms with van der Waals surface area (Å²) >= 11 is 4.72. The van der Waals surface area contributed by atoms with E-state index in [1.54, 1.807) is 14.2 Å². The number of nitrogens with zero attached hydrogens (tertiary/aromatic N) is 2. The van der Waals surface area contributed by atoms with Gasteiger partial charge in [-0.1, -0.05) is 30.3 Å². The smallest absolute Gasteiger partial charge is 0.167 e. The Hall–Kier alpha value is -2.45. The molecule has 0 spiro atoms. The van der Waals surface area contributed by atoms with Crippen LogP contribution < -0.4 is 9.47 Å². The number of nitriles is 1. The van der Waals surface area contributed by atoms with Gasteiger partial charge in [0.2, 0.25) is 0 Å². The number of ether oxygens (including phenoxy) is 2. The topological polar surface area (TPSA) is 54.6 Å². The van der Waals surface area contributed by atoms with E-state index in [-0.39, 0.29) is 0 Å². The highest BCUT2D eigenvalue weighted by atomic mass is 32.1. The molecular weight excluding hydrogens is 320 g/mol. The summed E-state index contributed by atoms with van der Waals surface area (Å²) in [6.07, 6.45) is 0.795. The van der Waals surface area contributed by atoms with Gasteiger partial charge >= 0.3 is 0 Å². The Kier molecular flexibility index (Phi) is 4.50. The van der Waals surface area contributed by atoms with Crippen molar-refractivity contribution in [3.8, 4) is 17.6 Å². The first-order chi connectivity index (χ1) is 11.6. The Morgan fingerprint density at radius 2 is 1.79 bits per heavy atom. The van der Waals surface area contributed by atoms with Crippen molar-refractivity contribution in [2.45, 2.75) is 11.2 Å². The summed E-state index contributed by atoms with van der Waals surface area (Å²) in [7, 11) is 3.21. The molecule has 0 amide bonds. The van der Waals surface area contributed by atoms with E-state index in [1.165, 1.54) is 0 Å². The van der Waals surface area contributed by atoms with Crippen LogP contribution in [0.5, 0.6) is 11.5 Å². The fourth-order valence-corrected chi connectivity index (χ4v) is 3.30. The Labute approximate surface area is 147 Å². The lowest BCUT2D eigenvalue weighted by atomic mass is 9.85. The highest BCUT2D eigenvalue weighted by Gasteiger charge is 2.37. The van der Waals surface area contributed by atoms with Gasteiger partial charge in [-0.25, -0.2) is 0 Å². The summed E-state index contributed by atoms with van der Waals surface area (Å²) in [5, 5.41) is 9.88. The minimum atomic E-state index is -1.12. The predicted octanol–water partition coefficient (Wildman–Crippen LogP) is 3.40. The Balaban J connectivity index is 2.18. The lowest BCUT2D eigenvalue weighted by molar-refractivity contribution is 0.354. The first-order valence-electron chi connectivity index (χ1n) is 7.63. The summed E-state index contributed by atoms with van der Waals surface area (Å²) in [6.45, 7) is 0.620. The molecule has 2 aromatic rings. The van der Waals surface area contributed by atoms with Crippen molar-refractivity contribution >= 4 is 18.3 Å². The molecule has 3 rings (SSSR count). The molecule has 0 saturated heterocycles. The number of thiol groups is 1. The molecule has 1 aliphatic rings. The zero-order valence-electron chi connectivity index (χ0n) is 13.6. The second-order valence-electron chi connectivity index (χ2n) is 5.53. The third kappa shape index (κ3) is 2.63. The molecule has 1 unspecified atom stereocenters. The van der Waals surface area contributed by atoms with E-state index in [1.807, 2.05) is 42.5 Å². The number of hydrogen-bond donors (Lipinski definition) is 1. The van der Waals surface area contributed by atoms with Crippen LogP contribution in [0, 0.1) is 11.3 Å². The van der Waals surface area contributed by atoms with Crippen LogP contribution in [0.1, 0.15) is 16.7 Å². The first kappa shape index (κ1) is 16.4. The maximum absolute atomic E-state index is 9.88. The van der Waals surface area contributed by atoms with E-state index in [0.29, 0.717) is 23.8 Å². The van der Waals surface area contributed by atoms with E-state index in [0.717, 1.165) is 23.1 Å². The van der Waals surface area contributed by atoms with Gasteiger partial charge in [-0.15, -0.1) is 12.6 Å².